The molecule has 0 spiro atoms. The number of ether oxygens (including phenoxy) is 1. The van der Waals surface area contributed by atoms with E-state index in [1.807, 2.05) is 24.3 Å². The Bertz CT molecular complexity index is 1340. The number of hydrogen-bond donors (Lipinski definition) is 0. The molecule has 192 valence electrons. The van der Waals surface area contributed by atoms with Gasteiger partial charge in [-0.25, -0.2) is 21.9 Å². The maximum Gasteiger partial charge on any atom is 0.156 e. The summed E-state index contributed by atoms with van der Waals surface area (Å²) in [5.74, 6) is -2.65. The van der Waals surface area contributed by atoms with Crippen molar-refractivity contribution >= 4 is 15.5 Å². The monoisotopic (exact) mass is 517 g/mol. The summed E-state index contributed by atoms with van der Waals surface area (Å²) in [7, 11) is -2.24. The van der Waals surface area contributed by atoms with E-state index >= 15 is 4.39 Å². The number of rotatable bonds is 9. The van der Waals surface area contributed by atoms with Crippen LogP contribution in [0.15, 0.2) is 42.6 Å². The Morgan fingerprint density at radius 2 is 1.86 bits per heavy atom. The summed E-state index contributed by atoms with van der Waals surface area (Å²) in [6.07, 6.45) is 4.06. The van der Waals surface area contributed by atoms with Gasteiger partial charge in [-0.15, -0.1) is 5.10 Å². The maximum atomic E-state index is 15.2. The van der Waals surface area contributed by atoms with E-state index in [4.69, 9.17) is 4.74 Å². The molecule has 1 aromatic heterocycles. The van der Waals surface area contributed by atoms with Crippen LogP contribution < -0.4 is 4.90 Å². The van der Waals surface area contributed by atoms with Crippen LogP contribution in [0.1, 0.15) is 18.4 Å². The van der Waals surface area contributed by atoms with Crippen molar-refractivity contribution in [1.82, 2.24) is 19.9 Å². The first kappa shape index (κ1) is 24.8. The molecule has 0 N–H and O–H groups in total. The minimum atomic E-state index is -3.63. The zero-order valence-electron chi connectivity index (χ0n) is 20.1. The molecule has 0 radical (unpaired) electrons. The molecule has 5 rings (SSSR count). The van der Waals surface area contributed by atoms with Crippen molar-refractivity contribution in [2.24, 2.45) is 0 Å². The predicted molar refractivity (Wildman–Crippen MR) is 133 cm³/mol. The van der Waals surface area contributed by atoms with Crippen LogP contribution in [-0.2, 0) is 20.3 Å². The van der Waals surface area contributed by atoms with E-state index in [1.54, 1.807) is 0 Å². The number of nitrogens with zero attached hydrogens (tertiary/aromatic N) is 5. The number of aromatic nitrogens is 3. The number of hydrogen-bond acceptors (Lipinski definition) is 7. The molecule has 1 aliphatic heterocycles. The Kier molecular flexibility index (Phi) is 7.05. The molecule has 2 heterocycles. The van der Waals surface area contributed by atoms with Gasteiger partial charge in [0.25, 0.3) is 0 Å². The smallest absolute Gasteiger partial charge is 0.156 e. The summed E-state index contributed by atoms with van der Waals surface area (Å²) >= 11 is 0. The van der Waals surface area contributed by atoms with E-state index in [1.165, 1.54) is 26.1 Å². The average molecular weight is 518 g/mol. The van der Waals surface area contributed by atoms with Gasteiger partial charge in [-0.05, 0) is 31.0 Å². The van der Waals surface area contributed by atoms with Gasteiger partial charge >= 0.3 is 0 Å². The molecule has 8 nitrogen and oxygen atoms in total. The lowest BCUT2D eigenvalue weighted by Crippen LogP contribution is -2.47. The van der Waals surface area contributed by atoms with E-state index in [-0.39, 0.29) is 17.9 Å². The molecule has 1 saturated heterocycles. The standard InChI is InChI=1S/C25H29F2N5O3S/c1-35-13-14-36(33,34)17-19-5-8-22(26)25(24(19)27)32-16-23(28-29-32)18-3-2-4-21(15-18)31-11-9-30(10-12-31)20-6-7-20/h2-5,8,15-16,20H,6-7,9-14,17H2,1H3. The molecular weight excluding hydrogens is 488 g/mol. The Hall–Kier alpha value is -2.89. The topological polar surface area (TPSA) is 80.6 Å². The minimum Gasteiger partial charge on any atom is -0.384 e. The summed E-state index contributed by atoms with van der Waals surface area (Å²) < 4.78 is 60.3. The Labute approximate surface area is 209 Å². The van der Waals surface area contributed by atoms with Gasteiger partial charge in [0.1, 0.15) is 11.4 Å². The van der Waals surface area contributed by atoms with Crippen LogP contribution in [0.2, 0.25) is 0 Å². The highest BCUT2D eigenvalue weighted by atomic mass is 32.2. The number of anilines is 1. The molecule has 1 saturated carbocycles. The van der Waals surface area contributed by atoms with E-state index < -0.39 is 32.9 Å². The average Bonchev–Trinajstić information content (AvgIpc) is 3.62. The van der Waals surface area contributed by atoms with Crippen LogP contribution >= 0.6 is 0 Å². The van der Waals surface area contributed by atoms with Gasteiger partial charge in [0.05, 0.1) is 24.3 Å². The first-order valence-corrected chi connectivity index (χ1v) is 13.8. The molecule has 36 heavy (non-hydrogen) atoms. The maximum absolute atomic E-state index is 15.2. The van der Waals surface area contributed by atoms with Crippen LogP contribution in [0, 0.1) is 11.6 Å². The molecule has 2 aliphatic rings. The number of sulfone groups is 1. The normalized spacial score (nSPS) is 17.0. The van der Waals surface area contributed by atoms with Gasteiger partial charge < -0.3 is 9.64 Å². The highest BCUT2D eigenvalue weighted by molar-refractivity contribution is 7.90. The van der Waals surface area contributed by atoms with Crippen LogP contribution in [0.3, 0.4) is 0 Å². The molecule has 0 amide bonds. The van der Waals surface area contributed by atoms with Gasteiger partial charge in [0.15, 0.2) is 21.5 Å². The fourth-order valence-electron chi connectivity index (χ4n) is 4.58. The summed E-state index contributed by atoms with van der Waals surface area (Å²) in [6.45, 7) is 3.98. The third kappa shape index (κ3) is 5.42. The van der Waals surface area contributed by atoms with Gasteiger partial charge in [-0.2, -0.15) is 0 Å². The van der Waals surface area contributed by atoms with Crippen molar-refractivity contribution in [3.63, 3.8) is 0 Å². The number of halogens is 2. The molecule has 3 aromatic rings. The third-order valence-electron chi connectivity index (χ3n) is 6.73. The molecule has 0 bridgehead atoms. The summed E-state index contributed by atoms with van der Waals surface area (Å²) in [5, 5.41) is 8.08. The van der Waals surface area contributed by atoms with Gasteiger partial charge in [0, 0.05) is 56.1 Å². The van der Waals surface area contributed by atoms with Crippen molar-refractivity contribution < 1.29 is 21.9 Å². The number of benzene rings is 2. The molecule has 2 fully saturated rings. The summed E-state index contributed by atoms with van der Waals surface area (Å²) in [5.41, 5.74) is 1.72. The third-order valence-corrected chi connectivity index (χ3v) is 8.27. The highest BCUT2D eigenvalue weighted by Gasteiger charge is 2.31. The minimum absolute atomic E-state index is 0.000290. The largest absolute Gasteiger partial charge is 0.384 e. The second kappa shape index (κ2) is 10.2. The Balaban J connectivity index is 1.36. The van der Waals surface area contributed by atoms with Crippen molar-refractivity contribution in [3.05, 3.63) is 59.8 Å². The molecule has 0 atom stereocenters. The number of methoxy groups -OCH3 is 1. The molecular formula is C25H29F2N5O3S. The van der Waals surface area contributed by atoms with Crippen LogP contribution in [-0.4, -0.2) is 80.0 Å². The van der Waals surface area contributed by atoms with Crippen LogP contribution in [0.5, 0.6) is 0 Å². The van der Waals surface area contributed by atoms with E-state index in [0.29, 0.717) is 5.69 Å². The van der Waals surface area contributed by atoms with E-state index in [2.05, 4.69) is 20.1 Å². The summed E-state index contributed by atoms with van der Waals surface area (Å²) in [4.78, 5) is 4.88. The van der Waals surface area contributed by atoms with Crippen molar-refractivity contribution in [1.29, 1.82) is 0 Å². The Morgan fingerprint density at radius 1 is 1.08 bits per heavy atom. The lowest BCUT2D eigenvalue weighted by molar-refractivity contribution is 0.217. The second-order valence-corrected chi connectivity index (χ2v) is 11.5. The molecule has 1 aliphatic carbocycles. The summed E-state index contributed by atoms with van der Waals surface area (Å²) in [6, 6.07) is 10.8. The van der Waals surface area contributed by atoms with Crippen molar-refractivity contribution in [2.75, 3.05) is 50.5 Å². The fourth-order valence-corrected chi connectivity index (χ4v) is 5.84. The molecule has 2 aromatic carbocycles. The van der Waals surface area contributed by atoms with Crippen molar-refractivity contribution in [3.8, 4) is 16.9 Å². The van der Waals surface area contributed by atoms with Gasteiger partial charge in [0.2, 0.25) is 0 Å². The second-order valence-electron chi connectivity index (χ2n) is 9.31. The van der Waals surface area contributed by atoms with Gasteiger partial charge in [-0.3, -0.25) is 4.90 Å². The van der Waals surface area contributed by atoms with Gasteiger partial charge in [-0.1, -0.05) is 23.4 Å². The quantitative estimate of drug-likeness (QED) is 0.432. The zero-order chi connectivity index (χ0) is 25.3. The molecule has 0 unspecified atom stereocenters. The lowest BCUT2D eigenvalue weighted by atomic mass is 10.1. The SMILES string of the molecule is COCCS(=O)(=O)Cc1ccc(F)c(-n2cc(-c3cccc(N4CCN(C5CC5)CC4)c3)nn2)c1F. The lowest BCUT2D eigenvalue weighted by Gasteiger charge is -2.36. The first-order valence-electron chi connectivity index (χ1n) is 12.0. The van der Waals surface area contributed by atoms with Crippen LogP contribution in [0.4, 0.5) is 14.5 Å². The molecule has 11 heteroatoms. The predicted octanol–water partition coefficient (Wildman–Crippen LogP) is 3.06. The fraction of sp³-hybridized carbons (Fsp3) is 0.440. The van der Waals surface area contributed by atoms with E-state index in [0.717, 1.165) is 60.3 Å². The van der Waals surface area contributed by atoms with Crippen molar-refractivity contribution in [2.45, 2.75) is 24.6 Å². The number of piperazine rings is 1. The van der Waals surface area contributed by atoms with Crippen LogP contribution in [0.25, 0.3) is 16.9 Å². The Morgan fingerprint density at radius 3 is 2.58 bits per heavy atom. The zero-order valence-corrected chi connectivity index (χ0v) is 20.9. The highest BCUT2D eigenvalue weighted by Crippen LogP contribution is 2.30. The first-order chi connectivity index (χ1) is 17.3. The van der Waals surface area contributed by atoms with E-state index in [9.17, 15) is 12.8 Å².